The normalized spacial score (nSPS) is 26.8. The maximum atomic E-state index is 11.6. The van der Waals surface area contributed by atoms with Gasteiger partial charge in [-0.15, -0.1) is 0 Å². The first kappa shape index (κ1) is 11.6. The van der Waals surface area contributed by atoms with Crippen molar-refractivity contribution in [1.29, 1.82) is 0 Å². The minimum atomic E-state index is -0.352. The maximum absolute atomic E-state index is 11.6. The molecule has 1 heterocycles. The smallest absolute Gasteiger partial charge is 0.402 e. The molecule has 15 heavy (non-hydrogen) atoms. The van der Waals surface area contributed by atoms with Crippen LogP contribution < -0.4 is 0 Å². The van der Waals surface area contributed by atoms with Gasteiger partial charge in [-0.25, -0.2) is 4.79 Å². The molecule has 0 saturated heterocycles. The number of amides is 1. The molecule has 4 nitrogen and oxygen atoms in total. The number of hydrogen-bond acceptors (Lipinski definition) is 3. The predicted molar refractivity (Wildman–Crippen MR) is 62.1 cm³/mol. The van der Waals surface area contributed by atoms with Crippen molar-refractivity contribution in [2.75, 3.05) is 6.54 Å². The largest absolute Gasteiger partial charge is 0.412 e. The van der Waals surface area contributed by atoms with Crippen LogP contribution >= 0.6 is 0 Å². The van der Waals surface area contributed by atoms with Crippen molar-refractivity contribution in [3.05, 3.63) is 24.6 Å². The van der Waals surface area contributed by atoms with E-state index in [0.717, 1.165) is 0 Å². The highest BCUT2D eigenvalue weighted by atomic mass is 16.6. The highest BCUT2D eigenvalue weighted by Gasteiger charge is 2.16. The molecule has 1 aliphatic rings. The summed E-state index contributed by atoms with van der Waals surface area (Å²) in [6, 6.07) is 0. The lowest BCUT2D eigenvalue weighted by Gasteiger charge is -2.22. The summed E-state index contributed by atoms with van der Waals surface area (Å²) in [5.74, 6) is 0.527. The minimum absolute atomic E-state index is 0.216. The van der Waals surface area contributed by atoms with Crippen molar-refractivity contribution in [2.45, 2.75) is 13.7 Å². The van der Waals surface area contributed by atoms with E-state index in [0.29, 0.717) is 19.7 Å². The molecule has 0 aliphatic carbocycles. The molecule has 1 unspecified atom stereocenters. The Morgan fingerprint density at radius 2 is 2.47 bits per heavy atom. The summed E-state index contributed by atoms with van der Waals surface area (Å²) in [4.78, 5) is 17.3. The van der Waals surface area contributed by atoms with Gasteiger partial charge in [-0.1, -0.05) is 20.3 Å². The van der Waals surface area contributed by atoms with Crippen LogP contribution in [0.2, 0.25) is 6.82 Å². The Balaban J connectivity index is 2.81. The van der Waals surface area contributed by atoms with E-state index < -0.39 is 0 Å². The summed E-state index contributed by atoms with van der Waals surface area (Å²) in [5.41, 5.74) is 0. The summed E-state index contributed by atoms with van der Waals surface area (Å²) in [7, 11) is 0.619. The van der Waals surface area contributed by atoms with Crippen molar-refractivity contribution in [3.63, 3.8) is 0 Å². The molecule has 0 spiro atoms. The first-order valence-corrected chi connectivity index (χ1v) is 4.99. The number of nitrogens with zero attached hydrogens (tertiary/aromatic N) is 2. The monoisotopic (exact) mass is 206 g/mol. The second kappa shape index (κ2) is 5.39. The lowest BCUT2D eigenvalue weighted by atomic mass is 9.95. The summed E-state index contributed by atoms with van der Waals surface area (Å²) in [6.07, 6.45) is 4.60. The van der Waals surface area contributed by atoms with E-state index in [1.165, 1.54) is 0 Å². The third-order valence-corrected chi connectivity index (χ3v) is 2.05. The minimum Gasteiger partial charge on any atom is -0.412 e. The number of cyclic esters (lactones) is 1. The quantitative estimate of drug-likeness (QED) is 0.611. The first-order valence-electron chi connectivity index (χ1n) is 4.99. The fourth-order valence-corrected chi connectivity index (χ4v) is 1.26. The van der Waals surface area contributed by atoms with Crippen LogP contribution in [0.4, 0.5) is 4.79 Å². The number of carbonyl (C=O) groups excluding carboxylic acids is 1. The van der Waals surface area contributed by atoms with Crippen LogP contribution in [-0.2, 0) is 4.74 Å². The van der Waals surface area contributed by atoms with E-state index in [9.17, 15) is 4.79 Å². The van der Waals surface area contributed by atoms with Gasteiger partial charge in [0.05, 0.1) is 0 Å². The van der Waals surface area contributed by atoms with E-state index in [-0.39, 0.29) is 12.0 Å². The van der Waals surface area contributed by atoms with Crippen LogP contribution in [0.5, 0.6) is 0 Å². The Labute approximate surface area is 90.6 Å². The van der Waals surface area contributed by atoms with Crippen LogP contribution in [0, 0.1) is 5.92 Å². The van der Waals surface area contributed by atoms with Gasteiger partial charge in [0.15, 0.2) is 0 Å². The molecule has 0 aromatic heterocycles. The lowest BCUT2D eigenvalue weighted by Crippen LogP contribution is -2.37. The number of rotatable bonds is 1. The van der Waals surface area contributed by atoms with Crippen molar-refractivity contribution >= 4 is 19.7 Å². The van der Waals surface area contributed by atoms with E-state index in [1.807, 2.05) is 20.0 Å². The van der Waals surface area contributed by atoms with Gasteiger partial charge in [0.2, 0.25) is 7.41 Å². The van der Waals surface area contributed by atoms with Gasteiger partial charge >= 0.3 is 6.09 Å². The second-order valence-electron chi connectivity index (χ2n) is 3.46. The SMILES string of the molecule is C=C1/C=C\N=C/C(C)CN(BC)C(=O)O1. The molecule has 0 bridgehead atoms. The zero-order valence-corrected chi connectivity index (χ0v) is 9.14. The molecular weight excluding hydrogens is 191 g/mol. The van der Waals surface area contributed by atoms with Gasteiger partial charge in [0, 0.05) is 24.9 Å². The topological polar surface area (TPSA) is 41.9 Å². The zero-order valence-electron chi connectivity index (χ0n) is 9.14. The molecule has 0 fully saturated rings. The molecule has 0 radical (unpaired) electrons. The second-order valence-corrected chi connectivity index (χ2v) is 3.46. The summed E-state index contributed by atoms with van der Waals surface area (Å²) in [5, 5.41) is 0. The van der Waals surface area contributed by atoms with Gasteiger partial charge in [-0.2, -0.15) is 0 Å². The predicted octanol–water partition coefficient (Wildman–Crippen LogP) is 1.57. The molecule has 1 amide bonds. The molecule has 0 N–H and O–H groups in total. The van der Waals surface area contributed by atoms with Crippen molar-refractivity contribution in [3.8, 4) is 0 Å². The Kier molecular flexibility index (Phi) is 4.15. The zero-order chi connectivity index (χ0) is 11.3. The molecule has 0 saturated carbocycles. The molecule has 1 aliphatic heterocycles. The van der Waals surface area contributed by atoms with E-state index in [4.69, 9.17) is 4.74 Å². The van der Waals surface area contributed by atoms with Gasteiger partial charge in [0.1, 0.15) is 5.76 Å². The van der Waals surface area contributed by atoms with Crippen molar-refractivity contribution < 1.29 is 9.53 Å². The van der Waals surface area contributed by atoms with Crippen LogP contribution in [0.15, 0.2) is 29.6 Å². The number of hydrogen-bond donors (Lipinski definition) is 0. The van der Waals surface area contributed by atoms with E-state index >= 15 is 0 Å². The van der Waals surface area contributed by atoms with Crippen molar-refractivity contribution in [1.82, 2.24) is 4.81 Å². The molecule has 0 aromatic carbocycles. The fraction of sp³-hybridized carbons (Fsp3) is 0.400. The van der Waals surface area contributed by atoms with Gasteiger partial charge in [0.25, 0.3) is 0 Å². The highest BCUT2D eigenvalue weighted by molar-refractivity contribution is 6.34. The molecule has 1 atom stereocenters. The Morgan fingerprint density at radius 1 is 1.73 bits per heavy atom. The number of aliphatic imine (C=N–C) groups is 1. The number of ether oxygens (including phenoxy) is 1. The van der Waals surface area contributed by atoms with Gasteiger partial charge in [-0.3, -0.25) is 4.99 Å². The Hall–Kier alpha value is -1.52. The lowest BCUT2D eigenvalue weighted by molar-refractivity contribution is 0.155. The Morgan fingerprint density at radius 3 is 3.13 bits per heavy atom. The summed E-state index contributed by atoms with van der Waals surface area (Å²) >= 11 is 0. The van der Waals surface area contributed by atoms with Crippen LogP contribution in [0.25, 0.3) is 0 Å². The number of carbonyl (C=O) groups is 1. The molecule has 0 aromatic rings. The average Bonchev–Trinajstić information content (AvgIpc) is 2.20. The summed E-state index contributed by atoms with van der Waals surface area (Å²) < 4.78 is 5.01. The highest BCUT2D eigenvalue weighted by Crippen LogP contribution is 2.06. The number of allylic oxidation sites excluding steroid dienone is 1. The van der Waals surface area contributed by atoms with Crippen LogP contribution in [-0.4, -0.2) is 31.1 Å². The first-order chi connectivity index (χ1) is 7.13. The molecule has 80 valence electrons. The molecular formula is C10H15BN2O2. The van der Waals surface area contributed by atoms with Crippen molar-refractivity contribution in [2.24, 2.45) is 10.9 Å². The molecule has 5 heteroatoms. The van der Waals surface area contributed by atoms with Gasteiger partial charge in [-0.05, 0) is 6.08 Å². The molecule has 1 rings (SSSR count). The van der Waals surface area contributed by atoms with Crippen LogP contribution in [0.3, 0.4) is 0 Å². The fourth-order valence-electron chi connectivity index (χ4n) is 1.26. The van der Waals surface area contributed by atoms with E-state index in [2.05, 4.69) is 11.6 Å². The summed E-state index contributed by atoms with van der Waals surface area (Å²) in [6.45, 7) is 8.12. The Bertz CT molecular complexity index is 313. The average molecular weight is 206 g/mol. The van der Waals surface area contributed by atoms with Gasteiger partial charge < -0.3 is 9.55 Å². The standard InChI is InChI=1S/C10H15BN2O2/c1-8-6-12-5-4-9(2)15-10(14)13(7-8)11-3/h4-6,8,11H,2,7H2,1,3H3/b5-4-,12-6-. The third-order valence-electron chi connectivity index (χ3n) is 2.05. The van der Waals surface area contributed by atoms with E-state index in [1.54, 1.807) is 17.1 Å². The third kappa shape index (κ3) is 3.62. The van der Waals surface area contributed by atoms with Crippen LogP contribution in [0.1, 0.15) is 6.92 Å². The maximum Gasteiger partial charge on any atom is 0.402 e.